The van der Waals surface area contributed by atoms with Gasteiger partial charge in [0.05, 0.1) is 19.1 Å². The van der Waals surface area contributed by atoms with E-state index in [0.29, 0.717) is 18.1 Å². The molecule has 2 aromatic carbocycles. The molecular formula is C16H17F3O3. The van der Waals surface area contributed by atoms with Gasteiger partial charge in [0, 0.05) is 5.39 Å². The first kappa shape index (κ1) is 16.4. The van der Waals surface area contributed by atoms with Crippen molar-refractivity contribution in [3.05, 3.63) is 36.4 Å². The molecule has 3 nitrogen and oxygen atoms in total. The van der Waals surface area contributed by atoms with Gasteiger partial charge < -0.3 is 14.6 Å². The highest BCUT2D eigenvalue weighted by Gasteiger charge is 2.31. The molecule has 2 rings (SSSR count). The van der Waals surface area contributed by atoms with Crippen LogP contribution in [0.15, 0.2) is 36.4 Å². The highest BCUT2D eigenvalue weighted by Crippen LogP contribution is 2.36. The third-order valence-corrected chi connectivity index (χ3v) is 3.03. The molecule has 0 aliphatic carbocycles. The van der Waals surface area contributed by atoms with Crippen LogP contribution in [0.4, 0.5) is 13.2 Å². The number of fused-ring (bicyclic) bond motifs is 1. The second-order valence-electron chi connectivity index (χ2n) is 4.83. The molecule has 2 aromatic rings. The predicted molar refractivity (Wildman–Crippen MR) is 77.3 cm³/mol. The summed E-state index contributed by atoms with van der Waals surface area (Å²) < 4.78 is 47.6. The minimum Gasteiger partial charge on any atom is -0.490 e. The third-order valence-electron chi connectivity index (χ3n) is 3.03. The molecule has 22 heavy (non-hydrogen) atoms. The van der Waals surface area contributed by atoms with Crippen molar-refractivity contribution < 1.29 is 27.8 Å². The number of hydrogen-bond acceptors (Lipinski definition) is 3. The SMILES string of the molecule is CCOc1ccc2ccccc2c1OCC(O)CC(F)(F)F. The van der Waals surface area contributed by atoms with E-state index >= 15 is 0 Å². The minimum atomic E-state index is -4.43. The maximum Gasteiger partial charge on any atom is 0.391 e. The smallest absolute Gasteiger partial charge is 0.391 e. The van der Waals surface area contributed by atoms with Gasteiger partial charge in [0.15, 0.2) is 11.5 Å². The Labute approximate surface area is 126 Å². The Morgan fingerprint density at radius 1 is 1.09 bits per heavy atom. The second-order valence-corrected chi connectivity index (χ2v) is 4.83. The fraction of sp³-hybridized carbons (Fsp3) is 0.375. The zero-order valence-electron chi connectivity index (χ0n) is 12.1. The molecule has 0 bridgehead atoms. The highest BCUT2D eigenvalue weighted by molar-refractivity contribution is 5.90. The molecule has 0 spiro atoms. The Morgan fingerprint density at radius 3 is 2.50 bits per heavy atom. The fourth-order valence-electron chi connectivity index (χ4n) is 2.15. The van der Waals surface area contributed by atoms with Crippen molar-refractivity contribution in [2.45, 2.75) is 25.6 Å². The van der Waals surface area contributed by atoms with Crippen molar-refractivity contribution in [2.75, 3.05) is 13.2 Å². The first-order valence-corrected chi connectivity index (χ1v) is 6.93. The van der Waals surface area contributed by atoms with Crippen LogP contribution >= 0.6 is 0 Å². The molecule has 120 valence electrons. The molecule has 0 aromatic heterocycles. The van der Waals surface area contributed by atoms with Crippen LogP contribution in [0.1, 0.15) is 13.3 Å². The quantitative estimate of drug-likeness (QED) is 0.878. The largest absolute Gasteiger partial charge is 0.490 e. The van der Waals surface area contributed by atoms with Crippen LogP contribution in [0, 0.1) is 0 Å². The van der Waals surface area contributed by atoms with Gasteiger partial charge in [-0.1, -0.05) is 30.3 Å². The first-order valence-electron chi connectivity index (χ1n) is 6.93. The van der Waals surface area contributed by atoms with E-state index in [1.807, 2.05) is 18.2 Å². The number of rotatable bonds is 6. The van der Waals surface area contributed by atoms with Crippen LogP contribution in [0.3, 0.4) is 0 Å². The van der Waals surface area contributed by atoms with E-state index in [1.54, 1.807) is 25.1 Å². The Morgan fingerprint density at radius 2 is 1.82 bits per heavy atom. The van der Waals surface area contributed by atoms with Gasteiger partial charge in [-0.2, -0.15) is 13.2 Å². The minimum absolute atomic E-state index is 0.348. The lowest BCUT2D eigenvalue weighted by molar-refractivity contribution is -0.156. The molecule has 6 heteroatoms. The van der Waals surface area contributed by atoms with Gasteiger partial charge in [0.25, 0.3) is 0 Å². The van der Waals surface area contributed by atoms with Crippen molar-refractivity contribution in [1.82, 2.24) is 0 Å². The van der Waals surface area contributed by atoms with Crippen LogP contribution < -0.4 is 9.47 Å². The summed E-state index contributed by atoms with van der Waals surface area (Å²) in [5.41, 5.74) is 0. The number of hydrogen-bond donors (Lipinski definition) is 1. The van der Waals surface area contributed by atoms with Crippen LogP contribution in [0.5, 0.6) is 11.5 Å². The zero-order valence-corrected chi connectivity index (χ0v) is 12.1. The topological polar surface area (TPSA) is 38.7 Å². The average Bonchev–Trinajstić information content (AvgIpc) is 2.44. The predicted octanol–water partition coefficient (Wildman–Crippen LogP) is 3.93. The average molecular weight is 314 g/mol. The van der Waals surface area contributed by atoms with Crippen molar-refractivity contribution in [3.63, 3.8) is 0 Å². The summed E-state index contributed by atoms with van der Waals surface area (Å²) in [6, 6.07) is 10.9. The van der Waals surface area contributed by atoms with Crippen molar-refractivity contribution in [2.24, 2.45) is 0 Å². The van der Waals surface area contributed by atoms with Gasteiger partial charge in [0.2, 0.25) is 0 Å². The number of ether oxygens (including phenoxy) is 2. The molecule has 0 aliphatic rings. The molecule has 0 amide bonds. The van der Waals surface area contributed by atoms with Crippen LogP contribution in [0.2, 0.25) is 0 Å². The summed E-state index contributed by atoms with van der Waals surface area (Å²) in [5.74, 6) is 0.793. The monoisotopic (exact) mass is 314 g/mol. The van der Waals surface area contributed by atoms with Gasteiger partial charge in [-0.05, 0) is 18.4 Å². The molecule has 0 radical (unpaired) electrons. The molecule has 0 aliphatic heterocycles. The Hall–Kier alpha value is -1.95. The van der Waals surface area contributed by atoms with Crippen molar-refractivity contribution in [1.29, 1.82) is 0 Å². The van der Waals surface area contributed by atoms with Gasteiger partial charge in [0.1, 0.15) is 6.61 Å². The summed E-state index contributed by atoms with van der Waals surface area (Å²) >= 11 is 0. The lowest BCUT2D eigenvalue weighted by Crippen LogP contribution is -2.25. The normalized spacial score (nSPS) is 13.1. The summed E-state index contributed by atoms with van der Waals surface area (Å²) in [4.78, 5) is 0. The number of benzene rings is 2. The van der Waals surface area contributed by atoms with E-state index in [-0.39, 0.29) is 0 Å². The van der Waals surface area contributed by atoms with Crippen molar-refractivity contribution in [3.8, 4) is 11.5 Å². The Bertz CT molecular complexity index is 626. The molecule has 0 heterocycles. The van der Waals surface area contributed by atoms with Gasteiger partial charge in [-0.25, -0.2) is 0 Å². The van der Waals surface area contributed by atoms with Crippen LogP contribution in [-0.4, -0.2) is 30.6 Å². The molecule has 1 atom stereocenters. The summed E-state index contributed by atoms with van der Waals surface area (Å²) in [6.07, 6.45) is -7.35. The van der Waals surface area contributed by atoms with Gasteiger partial charge >= 0.3 is 6.18 Å². The van der Waals surface area contributed by atoms with E-state index in [0.717, 1.165) is 10.8 Å². The summed E-state index contributed by atoms with van der Waals surface area (Å²) in [5, 5.41) is 11.1. The Kier molecular flexibility index (Phi) is 5.13. The van der Waals surface area contributed by atoms with E-state index in [1.165, 1.54) is 0 Å². The lowest BCUT2D eigenvalue weighted by atomic mass is 10.1. The third kappa shape index (κ3) is 4.27. The van der Waals surface area contributed by atoms with E-state index < -0.39 is 25.3 Å². The number of aliphatic hydroxyl groups excluding tert-OH is 1. The van der Waals surface area contributed by atoms with Crippen LogP contribution in [-0.2, 0) is 0 Å². The maximum absolute atomic E-state index is 12.2. The van der Waals surface area contributed by atoms with E-state index in [4.69, 9.17) is 9.47 Å². The van der Waals surface area contributed by atoms with Crippen LogP contribution in [0.25, 0.3) is 10.8 Å². The second kappa shape index (κ2) is 6.87. The van der Waals surface area contributed by atoms with E-state index in [9.17, 15) is 18.3 Å². The summed E-state index contributed by atoms with van der Waals surface area (Å²) in [7, 11) is 0. The summed E-state index contributed by atoms with van der Waals surface area (Å²) in [6.45, 7) is 1.75. The van der Waals surface area contributed by atoms with Gasteiger partial charge in [-0.3, -0.25) is 0 Å². The first-order chi connectivity index (χ1) is 10.4. The van der Waals surface area contributed by atoms with E-state index in [2.05, 4.69) is 0 Å². The molecule has 1 N–H and O–H groups in total. The number of aliphatic hydroxyl groups is 1. The lowest BCUT2D eigenvalue weighted by Gasteiger charge is -2.17. The van der Waals surface area contributed by atoms with Gasteiger partial charge in [-0.15, -0.1) is 0 Å². The molecular weight excluding hydrogens is 297 g/mol. The molecule has 1 unspecified atom stereocenters. The molecule has 0 saturated heterocycles. The molecule has 0 fully saturated rings. The maximum atomic E-state index is 12.2. The fourth-order valence-corrected chi connectivity index (χ4v) is 2.15. The van der Waals surface area contributed by atoms with Crippen molar-refractivity contribution >= 4 is 10.8 Å². The Balaban J connectivity index is 2.22. The number of alkyl halides is 3. The highest BCUT2D eigenvalue weighted by atomic mass is 19.4. The number of halogens is 3. The zero-order chi connectivity index (χ0) is 16.2. The molecule has 0 saturated carbocycles. The standard InChI is InChI=1S/C16H17F3O3/c1-2-21-14-8-7-11-5-3-4-6-13(11)15(14)22-10-12(20)9-16(17,18)19/h3-8,12,20H,2,9-10H2,1H3.